The number of aliphatic carboxylic acids is 1. The fourth-order valence-electron chi connectivity index (χ4n) is 1.72. The van der Waals surface area contributed by atoms with E-state index in [0.717, 1.165) is 13.3 Å². The molecule has 0 atom stereocenters. The topological polar surface area (TPSA) is 69.2 Å². The molecule has 0 rings (SSSR count). The maximum Gasteiger partial charge on any atom is 1.00 e. The number of carbonyl (C=O) groups is 2. The number of rotatable bonds is 10. The number of amides is 1. The van der Waals surface area contributed by atoms with Crippen molar-refractivity contribution in [3.8, 4) is 0 Å². The largest absolute Gasteiger partial charge is 1.00 e. The number of unbranched alkanes of at least 4 members (excludes halogenated alkanes) is 8. The van der Waals surface area contributed by atoms with Gasteiger partial charge in [0.1, 0.15) is 0 Å². The third-order valence-corrected chi connectivity index (χ3v) is 2.79. The Balaban J connectivity index is -0.000000508. The molecule has 4 nitrogen and oxygen atoms in total. The zero-order chi connectivity index (χ0) is 14.9. The van der Waals surface area contributed by atoms with Gasteiger partial charge in [0.05, 0.1) is 0 Å². The number of hydrogen-bond donors (Lipinski definition) is 1. The fraction of sp³-hybridized carbons (Fsp3) is 0.867. The van der Waals surface area contributed by atoms with Gasteiger partial charge in [0.2, 0.25) is 5.91 Å². The average Bonchev–Trinajstić information content (AvgIpc) is 2.36. The van der Waals surface area contributed by atoms with E-state index >= 15 is 0 Å². The summed E-state index contributed by atoms with van der Waals surface area (Å²) in [4.78, 5) is 19.8. The first kappa shape index (κ1) is 24.9. The van der Waals surface area contributed by atoms with E-state index in [-0.39, 0.29) is 35.5 Å². The van der Waals surface area contributed by atoms with E-state index in [1.165, 1.54) is 51.4 Å². The van der Waals surface area contributed by atoms with Gasteiger partial charge in [0.15, 0.2) is 0 Å². The zero-order valence-corrected chi connectivity index (χ0v) is 15.8. The van der Waals surface area contributed by atoms with Crippen LogP contribution in [0.2, 0.25) is 0 Å². The molecule has 20 heavy (non-hydrogen) atoms. The Morgan fingerprint density at radius 3 is 1.60 bits per heavy atom. The molecule has 0 aromatic carbocycles. The standard InChI is InChI=1S/C13H27NO.C2H4O2.Na/c1-3-4-5-6-7-8-9-10-11-12-13(15)14-2;1-2(3)4;/h3-12H2,1-2H3,(H,14,15);1H3,(H,3,4);/q;;+1/p-1. The number of carboxylic acid groups (broad SMARTS) is 1. The summed E-state index contributed by atoms with van der Waals surface area (Å²) in [6, 6.07) is 0. The van der Waals surface area contributed by atoms with E-state index in [1.54, 1.807) is 7.05 Å². The van der Waals surface area contributed by atoms with Crippen molar-refractivity contribution >= 4 is 11.9 Å². The Morgan fingerprint density at radius 2 is 1.25 bits per heavy atom. The molecule has 1 N–H and O–H groups in total. The van der Waals surface area contributed by atoms with Crippen molar-refractivity contribution in [3.05, 3.63) is 0 Å². The normalized spacial score (nSPS) is 8.95. The Kier molecular flexibility index (Phi) is 26.5. The van der Waals surface area contributed by atoms with Crippen LogP contribution < -0.4 is 40.0 Å². The maximum atomic E-state index is 10.9. The second-order valence-electron chi connectivity index (χ2n) is 4.74. The monoisotopic (exact) mass is 295 g/mol. The summed E-state index contributed by atoms with van der Waals surface area (Å²) in [5.41, 5.74) is 0. The third kappa shape index (κ3) is 30.7. The molecule has 0 fully saturated rings. The predicted octanol–water partition coefficient (Wildman–Crippen LogP) is -0.586. The van der Waals surface area contributed by atoms with Crippen molar-refractivity contribution < 1.29 is 44.3 Å². The number of hydrogen-bond acceptors (Lipinski definition) is 3. The molecule has 0 radical (unpaired) electrons. The van der Waals surface area contributed by atoms with E-state index in [2.05, 4.69) is 12.2 Å². The Labute approximate surface area is 146 Å². The molecular weight excluding hydrogens is 265 g/mol. The number of carbonyl (C=O) groups excluding carboxylic acids is 2. The molecule has 0 bridgehead atoms. The number of nitrogens with one attached hydrogen (secondary N) is 1. The van der Waals surface area contributed by atoms with Gasteiger partial charge >= 0.3 is 29.6 Å². The smallest absolute Gasteiger partial charge is 0.550 e. The molecule has 0 heterocycles. The van der Waals surface area contributed by atoms with Crippen molar-refractivity contribution in [3.63, 3.8) is 0 Å². The van der Waals surface area contributed by atoms with Gasteiger partial charge in [-0.2, -0.15) is 0 Å². The second kappa shape index (κ2) is 21.2. The van der Waals surface area contributed by atoms with Gasteiger partial charge in [-0.3, -0.25) is 4.79 Å². The minimum absolute atomic E-state index is 0. The summed E-state index contributed by atoms with van der Waals surface area (Å²) in [5, 5.41) is 11.5. The Bertz CT molecular complexity index is 219. The molecule has 1 amide bonds. The molecule has 5 heteroatoms. The van der Waals surface area contributed by atoms with Gasteiger partial charge in [-0.1, -0.05) is 58.3 Å². The third-order valence-electron chi connectivity index (χ3n) is 2.79. The molecule has 0 spiro atoms. The van der Waals surface area contributed by atoms with E-state index in [0.29, 0.717) is 6.42 Å². The van der Waals surface area contributed by atoms with E-state index in [9.17, 15) is 4.79 Å². The molecule has 0 aliphatic heterocycles. The summed E-state index contributed by atoms with van der Waals surface area (Å²) in [6.07, 6.45) is 12.5. The minimum atomic E-state index is -1.08. The zero-order valence-electron chi connectivity index (χ0n) is 13.8. The molecule has 0 aliphatic rings. The van der Waals surface area contributed by atoms with Crippen molar-refractivity contribution in [1.29, 1.82) is 0 Å². The summed E-state index contributed by atoms with van der Waals surface area (Å²) in [6.45, 7) is 3.22. The molecule has 0 aliphatic carbocycles. The summed E-state index contributed by atoms with van der Waals surface area (Å²) < 4.78 is 0. The van der Waals surface area contributed by atoms with Crippen LogP contribution in [-0.4, -0.2) is 18.9 Å². The van der Waals surface area contributed by atoms with Crippen molar-refractivity contribution in [1.82, 2.24) is 5.32 Å². The maximum absolute atomic E-state index is 10.9. The molecular formula is C15H30NNaO3. The van der Waals surface area contributed by atoms with Crippen LogP contribution in [0.1, 0.15) is 78.1 Å². The van der Waals surface area contributed by atoms with Crippen LogP contribution in [0.4, 0.5) is 0 Å². The van der Waals surface area contributed by atoms with Crippen LogP contribution in [0.25, 0.3) is 0 Å². The van der Waals surface area contributed by atoms with Gasteiger partial charge < -0.3 is 15.2 Å². The summed E-state index contributed by atoms with van der Waals surface area (Å²) in [7, 11) is 1.70. The van der Waals surface area contributed by atoms with Crippen LogP contribution >= 0.6 is 0 Å². The van der Waals surface area contributed by atoms with Gasteiger partial charge in [0, 0.05) is 19.4 Å². The van der Waals surface area contributed by atoms with Crippen molar-refractivity contribution in [2.45, 2.75) is 78.1 Å². The van der Waals surface area contributed by atoms with Crippen molar-refractivity contribution in [2.75, 3.05) is 7.05 Å². The van der Waals surface area contributed by atoms with Crippen LogP contribution in [0.5, 0.6) is 0 Å². The molecule has 0 saturated heterocycles. The summed E-state index contributed by atoms with van der Waals surface area (Å²) >= 11 is 0. The second-order valence-corrected chi connectivity index (χ2v) is 4.74. The SMILES string of the molecule is CC(=O)[O-].CCCCCCCCCCCC(=O)NC.[Na+]. The van der Waals surface area contributed by atoms with Crippen LogP contribution in [0.3, 0.4) is 0 Å². The van der Waals surface area contributed by atoms with Gasteiger partial charge in [-0.25, -0.2) is 0 Å². The first-order chi connectivity index (χ1) is 9.04. The van der Waals surface area contributed by atoms with E-state index in [1.807, 2.05) is 0 Å². The quantitative estimate of drug-likeness (QED) is 0.433. The van der Waals surface area contributed by atoms with Crippen molar-refractivity contribution in [2.24, 2.45) is 0 Å². The molecule has 0 unspecified atom stereocenters. The molecule has 0 saturated carbocycles. The summed E-state index contributed by atoms with van der Waals surface area (Å²) in [5.74, 6) is -0.905. The average molecular weight is 295 g/mol. The van der Waals surface area contributed by atoms with Crippen LogP contribution in [-0.2, 0) is 9.59 Å². The minimum Gasteiger partial charge on any atom is -0.550 e. The van der Waals surface area contributed by atoms with Gasteiger partial charge in [-0.15, -0.1) is 0 Å². The fourth-order valence-corrected chi connectivity index (χ4v) is 1.72. The van der Waals surface area contributed by atoms with Gasteiger partial charge in [0.25, 0.3) is 0 Å². The predicted molar refractivity (Wildman–Crippen MR) is 76.6 cm³/mol. The molecule has 114 valence electrons. The molecule has 0 aromatic heterocycles. The van der Waals surface area contributed by atoms with Crippen LogP contribution in [0, 0.1) is 0 Å². The van der Waals surface area contributed by atoms with E-state index < -0.39 is 5.97 Å². The van der Waals surface area contributed by atoms with Crippen LogP contribution in [0.15, 0.2) is 0 Å². The Hall–Kier alpha value is -0.0600. The number of carboxylic acids is 1. The van der Waals surface area contributed by atoms with E-state index in [4.69, 9.17) is 9.90 Å². The first-order valence-electron chi connectivity index (χ1n) is 7.42. The first-order valence-corrected chi connectivity index (χ1v) is 7.42. The molecule has 0 aromatic rings. The Morgan fingerprint density at radius 1 is 0.900 bits per heavy atom. The van der Waals surface area contributed by atoms with Gasteiger partial charge in [-0.05, 0) is 13.3 Å².